The first kappa shape index (κ1) is 16.5. The van der Waals surface area contributed by atoms with Gasteiger partial charge in [-0.2, -0.15) is 0 Å². The number of aromatic nitrogens is 1. The SMILES string of the molecule is CC(=O)Nc1ccc(OCC(=O)N[C@@H](C)c2ccccc2)nc1. The van der Waals surface area contributed by atoms with Gasteiger partial charge in [-0.05, 0) is 18.6 Å². The fourth-order valence-electron chi connectivity index (χ4n) is 1.99. The van der Waals surface area contributed by atoms with E-state index in [2.05, 4.69) is 15.6 Å². The predicted octanol–water partition coefficient (Wildman–Crippen LogP) is 2.30. The number of nitrogens with one attached hydrogen (secondary N) is 2. The van der Waals surface area contributed by atoms with Crippen LogP contribution in [0.1, 0.15) is 25.5 Å². The minimum absolute atomic E-state index is 0.0950. The Bertz CT molecular complexity index is 657. The first-order valence-electron chi connectivity index (χ1n) is 7.25. The van der Waals surface area contributed by atoms with Crippen LogP contribution in [0.15, 0.2) is 48.7 Å². The molecule has 0 radical (unpaired) electrons. The standard InChI is InChI=1S/C17H19N3O3/c1-12(14-6-4-3-5-7-14)19-16(22)11-23-17-9-8-15(10-18-17)20-13(2)21/h3-10,12H,11H2,1-2H3,(H,19,22)(H,20,21)/t12-/m0/s1. The molecule has 1 aromatic carbocycles. The van der Waals surface area contributed by atoms with Crippen molar-refractivity contribution in [2.24, 2.45) is 0 Å². The van der Waals surface area contributed by atoms with E-state index >= 15 is 0 Å². The lowest BCUT2D eigenvalue weighted by molar-refractivity contribution is -0.123. The molecule has 1 heterocycles. The number of pyridine rings is 1. The second-order valence-electron chi connectivity index (χ2n) is 5.05. The van der Waals surface area contributed by atoms with E-state index in [1.165, 1.54) is 13.1 Å². The fourth-order valence-corrected chi connectivity index (χ4v) is 1.99. The van der Waals surface area contributed by atoms with Gasteiger partial charge in [0, 0.05) is 13.0 Å². The van der Waals surface area contributed by atoms with E-state index in [0.29, 0.717) is 11.6 Å². The van der Waals surface area contributed by atoms with Gasteiger partial charge in [-0.25, -0.2) is 4.98 Å². The lowest BCUT2D eigenvalue weighted by Gasteiger charge is -2.14. The summed E-state index contributed by atoms with van der Waals surface area (Å²) >= 11 is 0. The van der Waals surface area contributed by atoms with E-state index in [1.807, 2.05) is 37.3 Å². The minimum Gasteiger partial charge on any atom is -0.468 e. The Kier molecular flexibility index (Phi) is 5.68. The number of nitrogens with zero attached hydrogens (tertiary/aromatic N) is 1. The number of rotatable bonds is 6. The predicted molar refractivity (Wildman–Crippen MR) is 87.0 cm³/mol. The third-order valence-electron chi connectivity index (χ3n) is 3.08. The van der Waals surface area contributed by atoms with Gasteiger partial charge in [-0.1, -0.05) is 30.3 Å². The largest absolute Gasteiger partial charge is 0.468 e. The highest BCUT2D eigenvalue weighted by molar-refractivity contribution is 5.88. The number of carbonyl (C=O) groups excluding carboxylic acids is 2. The van der Waals surface area contributed by atoms with Gasteiger partial charge in [0.25, 0.3) is 5.91 Å². The molecule has 1 atom stereocenters. The minimum atomic E-state index is -0.228. The molecule has 0 aliphatic rings. The summed E-state index contributed by atoms with van der Waals surface area (Å²) < 4.78 is 5.33. The van der Waals surface area contributed by atoms with Crippen LogP contribution in [0, 0.1) is 0 Å². The van der Waals surface area contributed by atoms with Gasteiger partial charge in [0.1, 0.15) is 0 Å². The lowest BCUT2D eigenvalue weighted by atomic mass is 10.1. The molecule has 2 N–H and O–H groups in total. The highest BCUT2D eigenvalue weighted by atomic mass is 16.5. The first-order chi connectivity index (χ1) is 11.0. The Hall–Kier alpha value is -2.89. The first-order valence-corrected chi connectivity index (χ1v) is 7.25. The van der Waals surface area contributed by atoms with E-state index in [9.17, 15) is 9.59 Å². The molecule has 2 amide bonds. The van der Waals surface area contributed by atoms with Crippen molar-refractivity contribution in [3.63, 3.8) is 0 Å². The van der Waals surface area contributed by atoms with Crippen LogP contribution in [0.2, 0.25) is 0 Å². The highest BCUT2D eigenvalue weighted by Gasteiger charge is 2.10. The molecular weight excluding hydrogens is 294 g/mol. The topological polar surface area (TPSA) is 80.3 Å². The molecule has 2 rings (SSSR count). The third kappa shape index (κ3) is 5.43. The van der Waals surface area contributed by atoms with Gasteiger partial charge in [0.05, 0.1) is 17.9 Å². The Morgan fingerprint density at radius 1 is 1.17 bits per heavy atom. The number of benzene rings is 1. The van der Waals surface area contributed by atoms with Crippen LogP contribution in [-0.4, -0.2) is 23.4 Å². The summed E-state index contributed by atoms with van der Waals surface area (Å²) in [4.78, 5) is 26.8. The van der Waals surface area contributed by atoms with Crippen LogP contribution in [0.3, 0.4) is 0 Å². The summed E-state index contributed by atoms with van der Waals surface area (Å²) in [6.07, 6.45) is 1.47. The molecule has 0 bridgehead atoms. The van der Waals surface area contributed by atoms with Crippen molar-refractivity contribution in [1.82, 2.24) is 10.3 Å². The second-order valence-corrected chi connectivity index (χ2v) is 5.05. The maximum atomic E-state index is 11.9. The summed E-state index contributed by atoms with van der Waals surface area (Å²) in [7, 11) is 0. The van der Waals surface area contributed by atoms with Crippen molar-refractivity contribution in [2.75, 3.05) is 11.9 Å². The molecule has 0 aliphatic heterocycles. The third-order valence-corrected chi connectivity index (χ3v) is 3.08. The Morgan fingerprint density at radius 3 is 2.52 bits per heavy atom. The van der Waals surface area contributed by atoms with Gasteiger partial charge in [0.15, 0.2) is 6.61 Å². The smallest absolute Gasteiger partial charge is 0.258 e. The average Bonchev–Trinajstić information content (AvgIpc) is 2.54. The van der Waals surface area contributed by atoms with Gasteiger partial charge < -0.3 is 15.4 Å². The summed E-state index contributed by atoms with van der Waals surface area (Å²) in [6, 6.07) is 12.8. The molecule has 2 aromatic rings. The summed E-state index contributed by atoms with van der Waals surface area (Å²) in [5, 5.41) is 5.46. The molecule has 0 aliphatic carbocycles. The van der Waals surface area contributed by atoms with E-state index in [0.717, 1.165) is 5.56 Å². The molecule has 0 unspecified atom stereocenters. The molecule has 0 fully saturated rings. The number of hydrogen-bond acceptors (Lipinski definition) is 4. The summed E-state index contributed by atoms with van der Waals surface area (Å²) in [5.74, 6) is -0.0783. The molecule has 0 saturated heterocycles. The highest BCUT2D eigenvalue weighted by Crippen LogP contribution is 2.12. The van der Waals surface area contributed by atoms with Crippen molar-refractivity contribution in [3.05, 3.63) is 54.2 Å². The number of hydrogen-bond donors (Lipinski definition) is 2. The number of carbonyl (C=O) groups is 2. The molecule has 0 spiro atoms. The van der Waals surface area contributed by atoms with E-state index < -0.39 is 0 Å². The fraction of sp³-hybridized carbons (Fsp3) is 0.235. The zero-order chi connectivity index (χ0) is 16.7. The molecule has 120 valence electrons. The lowest BCUT2D eigenvalue weighted by Crippen LogP contribution is -2.31. The van der Waals surface area contributed by atoms with Crippen LogP contribution < -0.4 is 15.4 Å². The Balaban J connectivity index is 1.81. The van der Waals surface area contributed by atoms with Gasteiger partial charge in [-0.3, -0.25) is 9.59 Å². The monoisotopic (exact) mass is 313 g/mol. The van der Waals surface area contributed by atoms with Crippen LogP contribution >= 0.6 is 0 Å². The Labute approximate surface area is 134 Å². The maximum absolute atomic E-state index is 11.9. The molecular formula is C17H19N3O3. The van der Waals surface area contributed by atoms with Crippen molar-refractivity contribution in [1.29, 1.82) is 0 Å². The van der Waals surface area contributed by atoms with Gasteiger partial charge >= 0.3 is 0 Å². The normalized spacial score (nSPS) is 11.4. The van der Waals surface area contributed by atoms with Crippen molar-refractivity contribution >= 4 is 17.5 Å². The van der Waals surface area contributed by atoms with Crippen molar-refractivity contribution in [2.45, 2.75) is 19.9 Å². The number of ether oxygens (including phenoxy) is 1. The van der Waals surface area contributed by atoms with E-state index in [-0.39, 0.29) is 24.5 Å². The van der Waals surface area contributed by atoms with Gasteiger partial charge in [0.2, 0.25) is 11.8 Å². The molecule has 23 heavy (non-hydrogen) atoms. The molecule has 6 nitrogen and oxygen atoms in total. The summed E-state index contributed by atoms with van der Waals surface area (Å²) in [6.45, 7) is 3.21. The zero-order valence-electron chi connectivity index (χ0n) is 13.1. The second kappa shape index (κ2) is 7.93. The van der Waals surface area contributed by atoms with Gasteiger partial charge in [-0.15, -0.1) is 0 Å². The average molecular weight is 313 g/mol. The van der Waals surface area contributed by atoms with Crippen LogP contribution in [-0.2, 0) is 9.59 Å². The zero-order valence-corrected chi connectivity index (χ0v) is 13.1. The van der Waals surface area contributed by atoms with Crippen molar-refractivity contribution in [3.8, 4) is 5.88 Å². The Morgan fingerprint density at radius 2 is 1.91 bits per heavy atom. The number of amides is 2. The quantitative estimate of drug-likeness (QED) is 0.857. The molecule has 6 heteroatoms. The molecule has 0 saturated carbocycles. The van der Waals surface area contributed by atoms with Crippen LogP contribution in [0.5, 0.6) is 5.88 Å². The van der Waals surface area contributed by atoms with E-state index in [1.54, 1.807) is 12.1 Å². The maximum Gasteiger partial charge on any atom is 0.258 e. The van der Waals surface area contributed by atoms with E-state index in [4.69, 9.17) is 4.74 Å². The van der Waals surface area contributed by atoms with Crippen LogP contribution in [0.4, 0.5) is 5.69 Å². The van der Waals surface area contributed by atoms with Crippen molar-refractivity contribution < 1.29 is 14.3 Å². The molecule has 1 aromatic heterocycles. The van der Waals surface area contributed by atoms with Crippen LogP contribution in [0.25, 0.3) is 0 Å². The summed E-state index contributed by atoms with van der Waals surface area (Å²) in [5.41, 5.74) is 1.60. The number of anilines is 1.